The van der Waals surface area contributed by atoms with Crippen molar-refractivity contribution in [1.29, 1.82) is 0 Å². The first-order chi connectivity index (χ1) is 7.00. The topological polar surface area (TPSA) is 12.0 Å². The summed E-state index contributed by atoms with van der Waals surface area (Å²) < 4.78 is 0. The maximum absolute atomic E-state index is 5.51. The minimum Gasteiger partial charge on any atom is -0.303 e. The third kappa shape index (κ3) is 2.61. The van der Waals surface area contributed by atoms with E-state index in [0.29, 0.717) is 0 Å². The Hall–Kier alpha value is -1.26. The van der Waals surface area contributed by atoms with Crippen molar-refractivity contribution in [3.05, 3.63) is 35.4 Å². The molecule has 0 amide bonds. The van der Waals surface area contributed by atoms with Crippen molar-refractivity contribution in [2.24, 2.45) is 0 Å². The van der Waals surface area contributed by atoms with Gasteiger partial charge in [0.05, 0.1) is 6.04 Å². The Kier molecular flexibility index (Phi) is 3.55. The highest BCUT2D eigenvalue weighted by Crippen LogP contribution is 2.29. The van der Waals surface area contributed by atoms with Crippen molar-refractivity contribution < 1.29 is 0 Å². The van der Waals surface area contributed by atoms with Crippen LogP contribution in [0, 0.1) is 12.3 Å². The summed E-state index contributed by atoms with van der Waals surface area (Å²) in [7, 11) is 1.89. The van der Waals surface area contributed by atoms with E-state index in [9.17, 15) is 0 Å². The fraction of sp³-hybridized carbons (Fsp3) is 0.429. The standard InChI is InChI=1S/C14H19N/c1-6-13(15-5)11-9-7-8-10-12(11)14(2,3)4/h1,7-10,13,15H,2-5H3. The molecule has 0 aromatic heterocycles. The Morgan fingerprint density at radius 3 is 2.33 bits per heavy atom. The van der Waals surface area contributed by atoms with Crippen LogP contribution in [0.2, 0.25) is 0 Å². The van der Waals surface area contributed by atoms with Gasteiger partial charge in [-0.2, -0.15) is 0 Å². The zero-order valence-corrected chi connectivity index (χ0v) is 9.96. The number of terminal acetylenes is 1. The molecular formula is C14H19N. The van der Waals surface area contributed by atoms with Gasteiger partial charge in [0, 0.05) is 0 Å². The summed E-state index contributed by atoms with van der Waals surface area (Å²) in [5.41, 5.74) is 2.64. The first-order valence-electron chi connectivity index (χ1n) is 5.23. The molecule has 0 aliphatic rings. The molecule has 15 heavy (non-hydrogen) atoms. The lowest BCUT2D eigenvalue weighted by Gasteiger charge is -2.25. The van der Waals surface area contributed by atoms with Crippen LogP contribution in [-0.4, -0.2) is 7.05 Å². The van der Waals surface area contributed by atoms with Crippen molar-refractivity contribution in [3.63, 3.8) is 0 Å². The van der Waals surface area contributed by atoms with E-state index in [4.69, 9.17) is 6.42 Å². The molecule has 0 fully saturated rings. The van der Waals surface area contributed by atoms with Gasteiger partial charge in [-0.25, -0.2) is 0 Å². The summed E-state index contributed by atoms with van der Waals surface area (Å²) in [6.45, 7) is 6.61. The lowest BCUT2D eigenvalue weighted by atomic mass is 9.82. The highest BCUT2D eigenvalue weighted by Gasteiger charge is 2.20. The summed E-state index contributed by atoms with van der Waals surface area (Å²) >= 11 is 0. The van der Waals surface area contributed by atoms with Gasteiger partial charge in [0.25, 0.3) is 0 Å². The van der Waals surface area contributed by atoms with Crippen molar-refractivity contribution in [2.75, 3.05) is 7.05 Å². The highest BCUT2D eigenvalue weighted by atomic mass is 14.9. The summed E-state index contributed by atoms with van der Waals surface area (Å²) in [6.07, 6.45) is 5.51. The van der Waals surface area contributed by atoms with E-state index >= 15 is 0 Å². The van der Waals surface area contributed by atoms with Crippen molar-refractivity contribution >= 4 is 0 Å². The van der Waals surface area contributed by atoms with Crippen molar-refractivity contribution in [1.82, 2.24) is 5.32 Å². The molecule has 0 aliphatic carbocycles. The first-order valence-corrected chi connectivity index (χ1v) is 5.23. The van der Waals surface area contributed by atoms with Crippen LogP contribution in [0.25, 0.3) is 0 Å². The number of hydrogen-bond acceptors (Lipinski definition) is 1. The molecule has 0 saturated carbocycles. The zero-order chi connectivity index (χ0) is 11.5. The molecule has 1 nitrogen and oxygen atoms in total. The van der Waals surface area contributed by atoms with Gasteiger partial charge in [-0.3, -0.25) is 0 Å². The van der Waals surface area contributed by atoms with Crippen LogP contribution in [0.3, 0.4) is 0 Å². The molecule has 1 atom stereocenters. The molecule has 1 rings (SSSR count). The van der Waals surface area contributed by atoms with Crippen LogP contribution >= 0.6 is 0 Å². The largest absolute Gasteiger partial charge is 0.303 e. The molecule has 1 aromatic rings. The second kappa shape index (κ2) is 4.51. The number of hydrogen-bond donors (Lipinski definition) is 1. The molecule has 0 saturated heterocycles. The molecule has 1 heteroatoms. The van der Waals surface area contributed by atoms with Gasteiger partial charge in [0.1, 0.15) is 0 Å². The first kappa shape index (κ1) is 11.8. The van der Waals surface area contributed by atoms with E-state index in [2.05, 4.69) is 50.2 Å². The van der Waals surface area contributed by atoms with Gasteiger partial charge in [0.2, 0.25) is 0 Å². The van der Waals surface area contributed by atoms with E-state index < -0.39 is 0 Å². The Balaban J connectivity index is 3.24. The smallest absolute Gasteiger partial charge is 0.0943 e. The molecule has 1 aromatic carbocycles. The monoisotopic (exact) mass is 201 g/mol. The molecular weight excluding hydrogens is 182 g/mol. The van der Waals surface area contributed by atoms with Crippen LogP contribution in [0.1, 0.15) is 37.9 Å². The zero-order valence-electron chi connectivity index (χ0n) is 9.96. The van der Waals surface area contributed by atoms with Gasteiger partial charge < -0.3 is 5.32 Å². The second-order valence-corrected chi connectivity index (χ2v) is 4.73. The summed E-state index contributed by atoms with van der Waals surface area (Å²) in [5, 5.41) is 3.14. The predicted octanol–water partition coefficient (Wildman–Crippen LogP) is 2.88. The van der Waals surface area contributed by atoms with E-state index in [1.807, 2.05) is 13.1 Å². The molecule has 0 spiro atoms. The average Bonchev–Trinajstić information content (AvgIpc) is 2.19. The Labute approximate surface area is 92.9 Å². The lowest BCUT2D eigenvalue weighted by molar-refractivity contribution is 0.572. The van der Waals surface area contributed by atoms with Crippen LogP contribution in [0.4, 0.5) is 0 Å². The maximum atomic E-state index is 5.51. The highest BCUT2D eigenvalue weighted by molar-refractivity contribution is 5.38. The number of nitrogens with one attached hydrogen (secondary N) is 1. The minimum absolute atomic E-state index is 0.000394. The van der Waals surface area contributed by atoms with Crippen LogP contribution in [0.5, 0.6) is 0 Å². The molecule has 1 N–H and O–H groups in total. The lowest BCUT2D eigenvalue weighted by Crippen LogP contribution is -2.21. The van der Waals surface area contributed by atoms with Crippen LogP contribution < -0.4 is 5.32 Å². The number of benzene rings is 1. The Morgan fingerprint density at radius 1 is 1.27 bits per heavy atom. The predicted molar refractivity (Wildman–Crippen MR) is 65.8 cm³/mol. The minimum atomic E-state index is 0.000394. The van der Waals surface area contributed by atoms with E-state index in [-0.39, 0.29) is 11.5 Å². The molecule has 80 valence electrons. The van der Waals surface area contributed by atoms with Crippen LogP contribution in [0.15, 0.2) is 24.3 Å². The normalized spacial score (nSPS) is 13.3. The van der Waals surface area contributed by atoms with Gasteiger partial charge in [0.15, 0.2) is 0 Å². The van der Waals surface area contributed by atoms with E-state index in [1.165, 1.54) is 11.1 Å². The third-order valence-electron chi connectivity index (χ3n) is 2.54. The fourth-order valence-electron chi connectivity index (χ4n) is 1.76. The van der Waals surface area contributed by atoms with Gasteiger partial charge in [-0.05, 0) is 23.6 Å². The van der Waals surface area contributed by atoms with Crippen molar-refractivity contribution in [3.8, 4) is 12.3 Å². The van der Waals surface area contributed by atoms with Gasteiger partial charge in [-0.15, -0.1) is 6.42 Å². The summed E-state index contributed by atoms with van der Waals surface area (Å²) in [5.74, 6) is 2.77. The van der Waals surface area contributed by atoms with E-state index in [1.54, 1.807) is 0 Å². The molecule has 1 unspecified atom stereocenters. The van der Waals surface area contributed by atoms with Gasteiger partial charge in [-0.1, -0.05) is 51.0 Å². The molecule has 0 heterocycles. The Bertz CT molecular complexity index is 366. The summed E-state index contributed by atoms with van der Waals surface area (Å²) in [4.78, 5) is 0. The third-order valence-corrected chi connectivity index (χ3v) is 2.54. The van der Waals surface area contributed by atoms with Gasteiger partial charge >= 0.3 is 0 Å². The molecule has 0 bridgehead atoms. The second-order valence-electron chi connectivity index (χ2n) is 4.73. The van der Waals surface area contributed by atoms with Crippen LogP contribution in [-0.2, 0) is 5.41 Å². The number of rotatable bonds is 2. The average molecular weight is 201 g/mol. The van der Waals surface area contributed by atoms with E-state index in [0.717, 1.165) is 0 Å². The maximum Gasteiger partial charge on any atom is 0.0943 e. The Morgan fingerprint density at radius 2 is 1.87 bits per heavy atom. The fourth-order valence-corrected chi connectivity index (χ4v) is 1.76. The summed E-state index contributed by atoms with van der Waals surface area (Å²) in [6, 6.07) is 8.35. The van der Waals surface area contributed by atoms with Crippen molar-refractivity contribution in [2.45, 2.75) is 32.2 Å². The quantitative estimate of drug-likeness (QED) is 0.725. The SMILES string of the molecule is C#CC(NC)c1ccccc1C(C)(C)C. The molecule has 0 radical (unpaired) electrons. The molecule has 0 aliphatic heterocycles.